The Bertz CT molecular complexity index is 871. The summed E-state index contributed by atoms with van der Waals surface area (Å²) in [7, 11) is 1.52. The molecule has 0 radical (unpaired) electrons. The summed E-state index contributed by atoms with van der Waals surface area (Å²) in [5.41, 5.74) is 4.22. The quantitative estimate of drug-likeness (QED) is 0.780. The number of hydrogen-bond donors (Lipinski definition) is 2. The van der Waals surface area contributed by atoms with E-state index in [2.05, 4.69) is 10.6 Å². The minimum atomic E-state index is -0.381. The second kappa shape index (κ2) is 9.37. The summed E-state index contributed by atoms with van der Waals surface area (Å²) in [6.07, 6.45) is 0. The van der Waals surface area contributed by atoms with Gasteiger partial charge in [-0.05, 0) is 56.2 Å². The van der Waals surface area contributed by atoms with Gasteiger partial charge in [-0.25, -0.2) is 0 Å². The second-order valence-electron chi connectivity index (χ2n) is 6.76. The highest BCUT2D eigenvalue weighted by atomic mass is 35.5. The summed E-state index contributed by atoms with van der Waals surface area (Å²) >= 11 is 5.79. The van der Waals surface area contributed by atoms with Gasteiger partial charge in [-0.15, -0.1) is 0 Å². The van der Waals surface area contributed by atoms with E-state index in [9.17, 15) is 14.4 Å². The topological polar surface area (TPSA) is 78.5 Å². The van der Waals surface area contributed by atoms with Crippen molar-refractivity contribution in [2.45, 2.75) is 20.8 Å². The number of aryl methyl sites for hydroxylation is 3. The Balaban J connectivity index is 1.87. The van der Waals surface area contributed by atoms with E-state index in [-0.39, 0.29) is 30.8 Å². The number of anilines is 1. The lowest BCUT2D eigenvalue weighted by atomic mass is 10.1. The Morgan fingerprint density at radius 2 is 1.57 bits per heavy atom. The molecule has 2 rings (SSSR count). The fourth-order valence-corrected chi connectivity index (χ4v) is 2.98. The van der Waals surface area contributed by atoms with Crippen LogP contribution in [0.15, 0.2) is 36.4 Å². The molecule has 3 amide bonds. The fourth-order valence-electron chi connectivity index (χ4n) is 2.85. The molecule has 28 heavy (non-hydrogen) atoms. The summed E-state index contributed by atoms with van der Waals surface area (Å²) in [5, 5.41) is 5.92. The molecule has 0 saturated heterocycles. The third kappa shape index (κ3) is 5.82. The molecule has 0 bridgehead atoms. The van der Waals surface area contributed by atoms with Gasteiger partial charge in [-0.2, -0.15) is 0 Å². The maximum absolute atomic E-state index is 12.3. The van der Waals surface area contributed by atoms with Crippen LogP contribution in [0.5, 0.6) is 0 Å². The Morgan fingerprint density at radius 1 is 1.00 bits per heavy atom. The number of rotatable bonds is 6. The van der Waals surface area contributed by atoms with E-state index in [1.165, 1.54) is 11.9 Å². The lowest BCUT2D eigenvalue weighted by molar-refractivity contribution is -0.132. The van der Waals surface area contributed by atoms with E-state index in [0.29, 0.717) is 10.6 Å². The number of nitrogens with zero attached hydrogens (tertiary/aromatic N) is 1. The number of nitrogens with one attached hydrogen (secondary N) is 2. The van der Waals surface area contributed by atoms with Crippen molar-refractivity contribution in [3.05, 3.63) is 63.7 Å². The van der Waals surface area contributed by atoms with E-state index < -0.39 is 0 Å². The molecule has 0 unspecified atom stereocenters. The molecule has 0 fully saturated rings. The molecule has 6 nitrogen and oxygen atoms in total. The van der Waals surface area contributed by atoms with Crippen molar-refractivity contribution in [1.82, 2.24) is 10.2 Å². The molecule has 0 heterocycles. The SMILES string of the molecule is Cc1cc(C)c(NC(=O)CN(C)C(=O)CNC(=O)c2ccc(Cl)cc2)c(C)c1. The molecule has 0 spiro atoms. The third-order valence-corrected chi connectivity index (χ3v) is 4.51. The van der Waals surface area contributed by atoms with Crippen LogP contribution in [0.3, 0.4) is 0 Å². The van der Waals surface area contributed by atoms with Gasteiger partial charge >= 0.3 is 0 Å². The van der Waals surface area contributed by atoms with Crippen LogP contribution < -0.4 is 10.6 Å². The number of amides is 3. The summed E-state index contributed by atoms with van der Waals surface area (Å²) in [6.45, 7) is 5.54. The first-order valence-corrected chi connectivity index (χ1v) is 9.20. The number of likely N-dealkylation sites (N-methyl/N-ethyl adjacent to an activating group) is 1. The van der Waals surface area contributed by atoms with Crippen molar-refractivity contribution in [2.24, 2.45) is 0 Å². The first-order chi connectivity index (χ1) is 13.2. The standard InChI is InChI=1S/C21H24ClN3O3/c1-13-9-14(2)20(15(3)10-13)24-18(26)12-25(4)19(27)11-23-21(28)16-5-7-17(22)8-6-16/h5-10H,11-12H2,1-4H3,(H,23,28)(H,24,26). The minimum Gasteiger partial charge on any atom is -0.343 e. The Morgan fingerprint density at radius 3 is 2.14 bits per heavy atom. The molecular formula is C21H24ClN3O3. The smallest absolute Gasteiger partial charge is 0.251 e. The van der Waals surface area contributed by atoms with Crippen molar-refractivity contribution in [1.29, 1.82) is 0 Å². The number of carbonyl (C=O) groups is 3. The zero-order valence-electron chi connectivity index (χ0n) is 16.4. The molecule has 0 aliphatic rings. The first kappa shape index (κ1) is 21.4. The summed E-state index contributed by atoms with van der Waals surface area (Å²) in [4.78, 5) is 37.8. The number of benzene rings is 2. The highest BCUT2D eigenvalue weighted by molar-refractivity contribution is 6.30. The molecule has 2 aromatic carbocycles. The van der Waals surface area contributed by atoms with Gasteiger partial charge in [-0.3, -0.25) is 14.4 Å². The van der Waals surface area contributed by atoms with Crippen molar-refractivity contribution in [3.63, 3.8) is 0 Å². The predicted octanol–water partition coefficient (Wildman–Crippen LogP) is 3.09. The predicted molar refractivity (Wildman–Crippen MR) is 111 cm³/mol. The van der Waals surface area contributed by atoms with Crippen LogP contribution in [0.2, 0.25) is 5.02 Å². The molecule has 0 aliphatic carbocycles. The lowest BCUT2D eigenvalue weighted by Gasteiger charge is -2.18. The normalized spacial score (nSPS) is 10.3. The van der Waals surface area contributed by atoms with Crippen molar-refractivity contribution < 1.29 is 14.4 Å². The average Bonchev–Trinajstić information content (AvgIpc) is 2.62. The molecule has 0 saturated carbocycles. The van der Waals surface area contributed by atoms with Gasteiger partial charge in [0.05, 0.1) is 13.1 Å². The van der Waals surface area contributed by atoms with Gasteiger partial charge < -0.3 is 15.5 Å². The van der Waals surface area contributed by atoms with Gasteiger partial charge in [0.25, 0.3) is 5.91 Å². The molecule has 0 aromatic heterocycles. The largest absolute Gasteiger partial charge is 0.343 e. The third-order valence-electron chi connectivity index (χ3n) is 4.25. The fraction of sp³-hybridized carbons (Fsp3) is 0.286. The van der Waals surface area contributed by atoms with Crippen LogP contribution in [-0.4, -0.2) is 42.8 Å². The molecular weight excluding hydrogens is 378 g/mol. The van der Waals surface area contributed by atoms with Crippen LogP contribution >= 0.6 is 11.6 Å². The van der Waals surface area contributed by atoms with Crippen molar-refractivity contribution in [3.8, 4) is 0 Å². The molecule has 148 valence electrons. The highest BCUT2D eigenvalue weighted by Gasteiger charge is 2.16. The van der Waals surface area contributed by atoms with Gasteiger partial charge in [0.15, 0.2) is 0 Å². The van der Waals surface area contributed by atoms with E-state index in [4.69, 9.17) is 11.6 Å². The van der Waals surface area contributed by atoms with Crippen LogP contribution in [0.25, 0.3) is 0 Å². The van der Waals surface area contributed by atoms with E-state index in [0.717, 1.165) is 22.4 Å². The minimum absolute atomic E-state index is 0.109. The zero-order valence-corrected chi connectivity index (χ0v) is 17.2. The Labute approximate surface area is 169 Å². The van der Waals surface area contributed by atoms with Crippen LogP contribution in [0, 0.1) is 20.8 Å². The highest BCUT2D eigenvalue weighted by Crippen LogP contribution is 2.21. The van der Waals surface area contributed by atoms with Gasteiger partial charge in [-0.1, -0.05) is 29.3 Å². The average molecular weight is 402 g/mol. The van der Waals surface area contributed by atoms with Crippen LogP contribution in [-0.2, 0) is 9.59 Å². The number of hydrogen-bond acceptors (Lipinski definition) is 3. The second-order valence-corrected chi connectivity index (χ2v) is 7.20. The molecule has 0 aliphatic heterocycles. The number of halogens is 1. The summed E-state index contributed by atoms with van der Waals surface area (Å²) in [5.74, 6) is -1.04. The van der Waals surface area contributed by atoms with E-state index >= 15 is 0 Å². The monoisotopic (exact) mass is 401 g/mol. The van der Waals surface area contributed by atoms with Gasteiger partial charge in [0.1, 0.15) is 0 Å². The summed E-state index contributed by atoms with van der Waals surface area (Å²) < 4.78 is 0. The molecule has 2 aromatic rings. The zero-order chi connectivity index (χ0) is 20.8. The van der Waals surface area contributed by atoms with Crippen LogP contribution in [0.4, 0.5) is 5.69 Å². The van der Waals surface area contributed by atoms with Gasteiger partial charge in [0.2, 0.25) is 11.8 Å². The maximum Gasteiger partial charge on any atom is 0.251 e. The Hall–Kier alpha value is -2.86. The van der Waals surface area contributed by atoms with Crippen molar-refractivity contribution in [2.75, 3.05) is 25.5 Å². The maximum atomic E-state index is 12.3. The first-order valence-electron chi connectivity index (χ1n) is 8.83. The Kier molecular flexibility index (Phi) is 7.18. The van der Waals surface area contributed by atoms with Crippen molar-refractivity contribution >= 4 is 35.0 Å². The lowest BCUT2D eigenvalue weighted by Crippen LogP contribution is -2.41. The van der Waals surface area contributed by atoms with Gasteiger partial charge in [0, 0.05) is 23.3 Å². The molecule has 0 atom stereocenters. The molecule has 7 heteroatoms. The van der Waals surface area contributed by atoms with E-state index in [1.807, 2.05) is 32.9 Å². The molecule has 2 N–H and O–H groups in total. The number of carbonyl (C=O) groups excluding carboxylic acids is 3. The van der Waals surface area contributed by atoms with Crippen LogP contribution in [0.1, 0.15) is 27.0 Å². The van der Waals surface area contributed by atoms with E-state index in [1.54, 1.807) is 24.3 Å². The summed E-state index contributed by atoms with van der Waals surface area (Å²) in [6, 6.07) is 10.3.